The van der Waals surface area contributed by atoms with E-state index in [9.17, 15) is 4.79 Å². The summed E-state index contributed by atoms with van der Waals surface area (Å²) in [5, 5.41) is 2.38. The Morgan fingerprint density at radius 2 is 1.47 bits per heavy atom. The van der Waals surface area contributed by atoms with Crippen LogP contribution in [0.4, 0.5) is 4.79 Å². The summed E-state index contributed by atoms with van der Waals surface area (Å²) < 4.78 is 13.0. The van der Waals surface area contributed by atoms with Gasteiger partial charge < -0.3 is 14.1 Å². The van der Waals surface area contributed by atoms with Gasteiger partial charge in [-0.05, 0) is 53.2 Å². The van der Waals surface area contributed by atoms with Crippen molar-refractivity contribution in [3.05, 3.63) is 96.1 Å². The monoisotopic (exact) mass is 501 g/mol. The Hall–Kier alpha value is -2.89. The van der Waals surface area contributed by atoms with Crippen LogP contribution in [-0.4, -0.2) is 38.5 Å². The zero-order chi connectivity index (χ0) is 25.8. The molecular formula is C31H39NO3Si. The number of carbonyl (C=O) groups excluding carboxylic acids is 1. The maximum atomic E-state index is 13.3. The summed E-state index contributed by atoms with van der Waals surface area (Å²) in [5.41, 5.74) is 2.42. The van der Waals surface area contributed by atoms with Crippen molar-refractivity contribution in [1.29, 1.82) is 0 Å². The quantitative estimate of drug-likeness (QED) is 0.350. The molecule has 1 aliphatic rings. The normalized spacial score (nSPS) is 15.6. The minimum atomic E-state index is -2.65. The highest BCUT2D eigenvalue weighted by Gasteiger charge is 2.50. The van der Waals surface area contributed by atoms with Crippen LogP contribution in [0.1, 0.15) is 58.3 Å². The van der Waals surface area contributed by atoms with Gasteiger partial charge in [0.2, 0.25) is 0 Å². The molecule has 0 aromatic heterocycles. The predicted octanol–water partition coefficient (Wildman–Crippen LogP) is 6.10. The average molecular weight is 502 g/mol. The fourth-order valence-corrected chi connectivity index (χ4v) is 10.0. The third-order valence-electron chi connectivity index (χ3n) is 7.25. The molecule has 0 bridgehead atoms. The summed E-state index contributed by atoms with van der Waals surface area (Å²) in [5.74, 6) is 0. The van der Waals surface area contributed by atoms with Crippen LogP contribution in [0.3, 0.4) is 0 Å². The number of amides is 1. The molecule has 190 valence electrons. The second-order valence-electron chi connectivity index (χ2n) is 10.9. The van der Waals surface area contributed by atoms with E-state index < -0.39 is 8.32 Å². The van der Waals surface area contributed by atoms with E-state index in [4.69, 9.17) is 9.16 Å². The van der Waals surface area contributed by atoms with E-state index in [2.05, 4.69) is 81.4 Å². The van der Waals surface area contributed by atoms with E-state index in [-0.39, 0.29) is 23.3 Å². The van der Waals surface area contributed by atoms with Crippen LogP contribution in [-0.2, 0) is 15.6 Å². The van der Waals surface area contributed by atoms with E-state index in [1.165, 1.54) is 15.9 Å². The highest BCUT2D eigenvalue weighted by molar-refractivity contribution is 6.99. The summed E-state index contributed by atoms with van der Waals surface area (Å²) >= 11 is 0. The lowest BCUT2D eigenvalue weighted by Gasteiger charge is -2.43. The minimum absolute atomic E-state index is 0.0110. The molecule has 0 unspecified atom stereocenters. The van der Waals surface area contributed by atoms with Crippen molar-refractivity contribution < 1.29 is 14.0 Å². The van der Waals surface area contributed by atoms with Gasteiger partial charge in [0.1, 0.15) is 6.10 Å². The van der Waals surface area contributed by atoms with Crippen molar-refractivity contribution in [3.8, 4) is 0 Å². The molecule has 4 nitrogen and oxygen atoms in total. The molecule has 4 rings (SSSR count). The van der Waals surface area contributed by atoms with E-state index in [0.717, 1.165) is 18.4 Å². The van der Waals surface area contributed by atoms with Crippen molar-refractivity contribution >= 4 is 24.8 Å². The molecule has 3 aromatic carbocycles. The lowest BCUT2D eigenvalue weighted by molar-refractivity contribution is 0.0500. The zero-order valence-corrected chi connectivity index (χ0v) is 23.2. The van der Waals surface area contributed by atoms with Crippen molar-refractivity contribution in [2.45, 2.75) is 64.6 Å². The highest BCUT2D eigenvalue weighted by Crippen LogP contribution is 2.37. The van der Waals surface area contributed by atoms with Gasteiger partial charge in [-0.15, -0.1) is 0 Å². The molecule has 0 heterocycles. The molecule has 36 heavy (non-hydrogen) atoms. The van der Waals surface area contributed by atoms with Crippen LogP contribution in [0.15, 0.2) is 84.9 Å². The highest BCUT2D eigenvalue weighted by atomic mass is 28.4. The number of rotatable bonds is 8. The number of aryl methyl sites for hydroxylation is 1. The Bertz CT molecular complexity index is 1100. The molecule has 0 N–H and O–H groups in total. The van der Waals surface area contributed by atoms with Crippen LogP contribution in [0.25, 0.3) is 0 Å². The Balaban J connectivity index is 1.54. The Labute approximate surface area is 217 Å². The number of ether oxygens (including phenoxy) is 1. The maximum Gasteiger partial charge on any atom is 0.410 e. The molecule has 0 spiro atoms. The molecule has 5 heteroatoms. The van der Waals surface area contributed by atoms with Crippen LogP contribution in [0.5, 0.6) is 0 Å². The second-order valence-corrected chi connectivity index (χ2v) is 15.2. The minimum Gasteiger partial charge on any atom is -0.441 e. The Kier molecular flexibility index (Phi) is 8.01. The maximum absolute atomic E-state index is 13.3. The summed E-state index contributed by atoms with van der Waals surface area (Å²) in [6, 6.07) is 29.5. The van der Waals surface area contributed by atoms with Crippen molar-refractivity contribution in [2.24, 2.45) is 0 Å². The van der Waals surface area contributed by atoms with Crippen LogP contribution in [0.2, 0.25) is 5.04 Å². The lowest BCUT2D eigenvalue weighted by Crippen LogP contribution is -2.67. The van der Waals surface area contributed by atoms with E-state index in [0.29, 0.717) is 13.2 Å². The number of hydrogen-bond donors (Lipinski definition) is 0. The van der Waals surface area contributed by atoms with Gasteiger partial charge in [-0.25, -0.2) is 4.79 Å². The molecule has 3 aromatic rings. The molecule has 1 amide bonds. The SMILES string of the molecule is CC(C)N(CCO[Si](c1ccccc1)(c1ccccc1)C(C)(C)C)C(=O)O[C@@H]1CCc2ccccc21. The first-order valence-electron chi connectivity index (χ1n) is 13.0. The number of carbonyl (C=O) groups is 1. The fraction of sp³-hybridized carbons (Fsp3) is 0.387. The van der Waals surface area contributed by atoms with E-state index >= 15 is 0 Å². The van der Waals surface area contributed by atoms with Gasteiger partial charge in [0.05, 0.1) is 6.61 Å². The number of nitrogens with zero attached hydrogens (tertiary/aromatic N) is 1. The van der Waals surface area contributed by atoms with Crippen molar-refractivity contribution in [1.82, 2.24) is 4.90 Å². The number of benzene rings is 3. The molecule has 0 radical (unpaired) electrons. The summed E-state index contributed by atoms with van der Waals surface area (Å²) in [4.78, 5) is 15.1. The molecule has 1 atom stereocenters. The molecule has 0 saturated carbocycles. The van der Waals surface area contributed by atoms with Gasteiger partial charge in [-0.3, -0.25) is 0 Å². The third-order valence-corrected chi connectivity index (χ3v) is 12.3. The Morgan fingerprint density at radius 3 is 2.03 bits per heavy atom. The molecule has 0 aliphatic heterocycles. The summed E-state index contributed by atoms with van der Waals surface area (Å²) in [6.07, 6.45) is 1.35. The smallest absolute Gasteiger partial charge is 0.410 e. The first-order valence-corrected chi connectivity index (χ1v) is 14.9. The van der Waals surface area contributed by atoms with Crippen molar-refractivity contribution in [3.63, 3.8) is 0 Å². The number of hydrogen-bond acceptors (Lipinski definition) is 3. The number of fused-ring (bicyclic) bond motifs is 1. The van der Waals surface area contributed by atoms with Crippen LogP contribution < -0.4 is 10.4 Å². The van der Waals surface area contributed by atoms with Gasteiger partial charge in [-0.1, -0.05) is 106 Å². The Morgan fingerprint density at radius 1 is 0.917 bits per heavy atom. The molecule has 0 fully saturated rings. The first kappa shape index (κ1) is 26.2. The first-order chi connectivity index (χ1) is 17.2. The lowest BCUT2D eigenvalue weighted by atomic mass is 10.1. The van der Waals surface area contributed by atoms with Gasteiger partial charge >= 0.3 is 6.09 Å². The fourth-order valence-electron chi connectivity index (χ4n) is 5.45. The van der Waals surface area contributed by atoms with Crippen LogP contribution in [0, 0.1) is 0 Å². The molecular weight excluding hydrogens is 462 g/mol. The largest absolute Gasteiger partial charge is 0.441 e. The zero-order valence-electron chi connectivity index (χ0n) is 22.2. The van der Waals surface area contributed by atoms with E-state index in [1.54, 1.807) is 4.90 Å². The third kappa shape index (κ3) is 5.28. The van der Waals surface area contributed by atoms with Gasteiger partial charge in [0, 0.05) is 12.6 Å². The van der Waals surface area contributed by atoms with Crippen LogP contribution >= 0.6 is 0 Å². The summed E-state index contributed by atoms with van der Waals surface area (Å²) in [6.45, 7) is 11.8. The topological polar surface area (TPSA) is 38.8 Å². The van der Waals surface area contributed by atoms with Gasteiger partial charge in [0.15, 0.2) is 0 Å². The standard InChI is InChI=1S/C31H39NO3Si/c1-24(2)32(30(33)35-29-21-20-25-14-12-13-19-28(25)29)22-23-34-36(31(3,4)5,26-15-8-6-9-16-26)27-17-10-7-11-18-27/h6-19,24,29H,20-23H2,1-5H3/t29-/m1/s1. The van der Waals surface area contributed by atoms with Gasteiger partial charge in [0.25, 0.3) is 8.32 Å². The van der Waals surface area contributed by atoms with Crippen molar-refractivity contribution in [2.75, 3.05) is 13.2 Å². The predicted molar refractivity (Wildman–Crippen MR) is 149 cm³/mol. The average Bonchev–Trinajstić information content (AvgIpc) is 3.27. The van der Waals surface area contributed by atoms with Gasteiger partial charge in [-0.2, -0.15) is 0 Å². The molecule has 1 aliphatic carbocycles. The second kappa shape index (κ2) is 11.0. The van der Waals surface area contributed by atoms with E-state index in [1.807, 2.05) is 38.1 Å². The summed E-state index contributed by atoms with van der Waals surface area (Å²) in [7, 11) is -2.65. The molecule has 0 saturated heterocycles.